The fourth-order valence-corrected chi connectivity index (χ4v) is 4.58. The van der Waals surface area contributed by atoms with Crippen molar-refractivity contribution < 1.29 is 19.4 Å². The van der Waals surface area contributed by atoms with Gasteiger partial charge in [0.25, 0.3) is 11.8 Å². The zero-order valence-electron chi connectivity index (χ0n) is 13.6. The van der Waals surface area contributed by atoms with Crippen LogP contribution >= 0.6 is 15.9 Å². The summed E-state index contributed by atoms with van der Waals surface area (Å²) in [4.78, 5) is 25.4. The maximum absolute atomic E-state index is 12.7. The van der Waals surface area contributed by atoms with Crippen LogP contribution in [0.3, 0.4) is 0 Å². The zero-order chi connectivity index (χ0) is 17.7. The molecule has 1 heterocycles. The summed E-state index contributed by atoms with van der Waals surface area (Å²) in [5.74, 6) is -0.397. The monoisotopic (exact) mass is 404 g/mol. The molecule has 1 saturated heterocycles. The maximum Gasteiger partial charge on any atom is 0.254 e. The number of phenols is 1. The van der Waals surface area contributed by atoms with E-state index in [1.807, 2.05) is 0 Å². The van der Waals surface area contributed by atoms with Crippen molar-refractivity contribution in [2.24, 2.45) is 28.8 Å². The minimum absolute atomic E-state index is 0.0124. The molecule has 4 unspecified atom stereocenters. The van der Waals surface area contributed by atoms with Crippen molar-refractivity contribution in [2.75, 3.05) is 7.11 Å². The molecule has 2 amide bonds. The van der Waals surface area contributed by atoms with Crippen LogP contribution in [0.2, 0.25) is 0 Å². The number of benzene rings is 1. The van der Waals surface area contributed by atoms with Gasteiger partial charge >= 0.3 is 0 Å². The number of halogens is 1. The third-order valence-corrected chi connectivity index (χ3v) is 5.93. The Morgan fingerprint density at radius 3 is 2.32 bits per heavy atom. The molecule has 1 aliphatic heterocycles. The minimum atomic E-state index is -0.269. The van der Waals surface area contributed by atoms with Gasteiger partial charge in [0.15, 0.2) is 11.5 Å². The Morgan fingerprint density at radius 2 is 1.80 bits per heavy atom. The molecule has 0 radical (unpaired) electrons. The number of hydrogen-bond acceptors (Lipinski definition) is 5. The maximum atomic E-state index is 12.7. The summed E-state index contributed by atoms with van der Waals surface area (Å²) in [6.45, 7) is 0. The molecule has 5 rings (SSSR count). The number of ether oxygens (including phenoxy) is 1. The number of hydrogen-bond donors (Lipinski definition) is 1. The normalized spacial score (nSPS) is 30.4. The Balaban J connectivity index is 1.62. The van der Waals surface area contributed by atoms with Crippen LogP contribution in [0.5, 0.6) is 11.5 Å². The first-order valence-corrected chi connectivity index (χ1v) is 8.97. The summed E-state index contributed by atoms with van der Waals surface area (Å²) in [6, 6.07) is 3.23. The third kappa shape index (κ3) is 2.49. The number of methoxy groups -OCH3 is 1. The molecule has 6 nitrogen and oxygen atoms in total. The lowest BCUT2D eigenvalue weighted by Gasteiger charge is -2.37. The van der Waals surface area contributed by atoms with E-state index < -0.39 is 0 Å². The van der Waals surface area contributed by atoms with Crippen LogP contribution in [-0.2, 0) is 9.59 Å². The van der Waals surface area contributed by atoms with Crippen LogP contribution in [0.1, 0.15) is 18.4 Å². The van der Waals surface area contributed by atoms with Crippen molar-refractivity contribution >= 4 is 34.0 Å². The molecule has 1 N–H and O–H groups in total. The van der Waals surface area contributed by atoms with E-state index in [2.05, 4.69) is 33.2 Å². The Bertz CT molecular complexity index is 788. The Labute approximate surface area is 153 Å². The van der Waals surface area contributed by atoms with Crippen molar-refractivity contribution in [3.05, 3.63) is 34.3 Å². The van der Waals surface area contributed by atoms with Crippen molar-refractivity contribution in [2.45, 2.75) is 12.8 Å². The summed E-state index contributed by atoms with van der Waals surface area (Å²) < 4.78 is 5.54. The molecule has 0 aromatic heterocycles. The number of carbonyl (C=O) groups excluding carboxylic acids is 2. The summed E-state index contributed by atoms with van der Waals surface area (Å²) >= 11 is 3.24. The molecule has 1 saturated carbocycles. The number of aromatic hydroxyl groups is 1. The number of phenolic OH excluding ortho intramolecular Hbond substituents is 1. The van der Waals surface area contributed by atoms with E-state index >= 15 is 0 Å². The lowest BCUT2D eigenvalue weighted by Crippen LogP contribution is -2.38. The van der Waals surface area contributed by atoms with Crippen molar-refractivity contribution in [1.82, 2.24) is 5.01 Å². The Morgan fingerprint density at radius 1 is 1.20 bits per heavy atom. The highest BCUT2D eigenvalue weighted by Gasteiger charge is 2.56. The molecule has 25 heavy (non-hydrogen) atoms. The number of hydrazone groups is 1. The molecule has 3 aliphatic carbocycles. The topological polar surface area (TPSA) is 79.2 Å². The molecule has 4 aliphatic rings. The van der Waals surface area contributed by atoms with E-state index in [0.717, 1.165) is 17.9 Å². The first-order chi connectivity index (χ1) is 12.0. The van der Waals surface area contributed by atoms with Gasteiger partial charge in [-0.15, -0.1) is 0 Å². The van der Waals surface area contributed by atoms with Crippen LogP contribution in [-0.4, -0.2) is 35.3 Å². The van der Waals surface area contributed by atoms with E-state index in [-0.39, 0.29) is 47.0 Å². The van der Waals surface area contributed by atoms with Gasteiger partial charge in [-0.3, -0.25) is 9.59 Å². The second-order valence-corrected chi connectivity index (χ2v) is 7.48. The number of imide groups is 1. The van der Waals surface area contributed by atoms with Crippen LogP contribution < -0.4 is 4.74 Å². The number of rotatable bonds is 3. The highest BCUT2D eigenvalue weighted by molar-refractivity contribution is 9.10. The predicted octanol–water partition coefficient (Wildman–Crippen LogP) is 2.69. The Kier molecular flexibility index (Phi) is 3.91. The van der Waals surface area contributed by atoms with Crippen LogP contribution in [0.4, 0.5) is 0 Å². The second kappa shape index (κ2) is 5.98. The third-order valence-electron chi connectivity index (χ3n) is 5.33. The summed E-state index contributed by atoms with van der Waals surface area (Å²) in [6.07, 6.45) is 7.52. The number of fused-ring (bicyclic) bond motifs is 1. The van der Waals surface area contributed by atoms with E-state index in [1.165, 1.54) is 13.3 Å². The molecule has 2 fully saturated rings. The fourth-order valence-electron chi connectivity index (χ4n) is 4.12. The summed E-state index contributed by atoms with van der Waals surface area (Å²) in [7, 11) is 1.45. The lowest BCUT2D eigenvalue weighted by molar-refractivity contribution is -0.140. The van der Waals surface area contributed by atoms with Gasteiger partial charge in [0.1, 0.15) is 0 Å². The molecular formula is C18H17BrN2O4. The largest absolute Gasteiger partial charge is 0.503 e. The van der Waals surface area contributed by atoms with Crippen LogP contribution in [0.25, 0.3) is 0 Å². The van der Waals surface area contributed by atoms with Gasteiger partial charge in [0.2, 0.25) is 0 Å². The molecule has 7 heteroatoms. The highest BCUT2D eigenvalue weighted by Crippen LogP contribution is 2.49. The van der Waals surface area contributed by atoms with Crippen LogP contribution in [0, 0.1) is 23.7 Å². The zero-order valence-corrected chi connectivity index (χ0v) is 15.1. The quantitative estimate of drug-likeness (QED) is 0.477. The molecule has 1 aromatic carbocycles. The van der Waals surface area contributed by atoms with E-state index in [0.29, 0.717) is 10.0 Å². The molecule has 130 valence electrons. The number of allylic oxidation sites excluding steroid dienone is 2. The second-order valence-electron chi connectivity index (χ2n) is 6.63. The number of amides is 2. The molecule has 4 atom stereocenters. The summed E-state index contributed by atoms with van der Waals surface area (Å²) in [5.41, 5.74) is 0.609. The SMILES string of the molecule is COc1cc(C=NN2C(=O)C3C4C=CC(CC4)C3C2=O)cc(Br)c1O. The number of nitrogens with zero attached hydrogens (tertiary/aromatic N) is 2. The van der Waals surface area contributed by atoms with Gasteiger partial charge in [-0.1, -0.05) is 12.2 Å². The predicted molar refractivity (Wildman–Crippen MR) is 94.1 cm³/mol. The molecule has 2 bridgehead atoms. The standard InChI is InChI=1S/C18H17BrN2O4/c1-25-13-7-9(6-12(19)16(13)22)8-20-21-17(23)14-10-2-3-11(5-4-10)15(14)18(21)24/h2-3,6-8,10-11,14-15,22H,4-5H2,1H3. The first kappa shape index (κ1) is 16.3. The smallest absolute Gasteiger partial charge is 0.254 e. The lowest BCUT2D eigenvalue weighted by atomic mass is 9.63. The van der Waals surface area contributed by atoms with Gasteiger partial charge < -0.3 is 9.84 Å². The Hall–Kier alpha value is -2.15. The van der Waals surface area contributed by atoms with E-state index in [1.54, 1.807) is 12.1 Å². The molecular weight excluding hydrogens is 388 g/mol. The van der Waals surface area contributed by atoms with Gasteiger partial charge in [0, 0.05) is 0 Å². The molecule has 1 aromatic rings. The van der Waals surface area contributed by atoms with Gasteiger partial charge in [-0.25, -0.2) is 0 Å². The average Bonchev–Trinajstić information content (AvgIpc) is 2.90. The van der Waals surface area contributed by atoms with Crippen molar-refractivity contribution in [1.29, 1.82) is 0 Å². The van der Waals surface area contributed by atoms with Gasteiger partial charge in [-0.2, -0.15) is 10.1 Å². The number of carbonyl (C=O) groups is 2. The highest BCUT2D eigenvalue weighted by atomic mass is 79.9. The average molecular weight is 405 g/mol. The van der Waals surface area contributed by atoms with Crippen molar-refractivity contribution in [3.8, 4) is 11.5 Å². The van der Waals surface area contributed by atoms with Crippen molar-refractivity contribution in [3.63, 3.8) is 0 Å². The van der Waals surface area contributed by atoms with E-state index in [4.69, 9.17) is 4.74 Å². The first-order valence-electron chi connectivity index (χ1n) is 8.18. The fraction of sp³-hybridized carbons (Fsp3) is 0.389. The molecule has 0 spiro atoms. The van der Waals surface area contributed by atoms with Gasteiger partial charge in [0.05, 0.1) is 29.6 Å². The van der Waals surface area contributed by atoms with E-state index in [9.17, 15) is 14.7 Å². The summed E-state index contributed by atoms with van der Waals surface area (Å²) in [5, 5.41) is 15.0. The van der Waals surface area contributed by atoms with Crippen LogP contribution in [0.15, 0.2) is 33.9 Å². The van der Waals surface area contributed by atoms with Gasteiger partial charge in [-0.05, 0) is 58.3 Å². The minimum Gasteiger partial charge on any atom is -0.503 e.